The third-order valence-corrected chi connectivity index (χ3v) is 1.83. The molecule has 0 bridgehead atoms. The van der Waals surface area contributed by atoms with Crippen LogP contribution < -0.4 is 5.32 Å². The molecule has 0 aliphatic rings. The van der Waals surface area contributed by atoms with Crippen LogP contribution in [0.1, 0.15) is 40.0 Å². The molecule has 0 aromatic carbocycles. The van der Waals surface area contributed by atoms with Gasteiger partial charge in [-0.05, 0) is 18.9 Å². The Morgan fingerprint density at radius 1 is 1.36 bits per heavy atom. The first-order valence-electron chi connectivity index (χ1n) is 5.53. The lowest BCUT2D eigenvalue weighted by Gasteiger charge is -2.07. The molecule has 0 heterocycles. The van der Waals surface area contributed by atoms with Gasteiger partial charge < -0.3 is 10.1 Å². The van der Waals surface area contributed by atoms with Crippen LogP contribution in [-0.4, -0.2) is 25.7 Å². The Morgan fingerprint density at radius 2 is 2.07 bits per heavy atom. The van der Waals surface area contributed by atoms with Gasteiger partial charge in [-0.1, -0.05) is 33.6 Å². The Labute approximate surface area is 87.2 Å². The van der Waals surface area contributed by atoms with Gasteiger partial charge in [-0.3, -0.25) is 4.79 Å². The van der Waals surface area contributed by atoms with Crippen LogP contribution in [0.5, 0.6) is 0 Å². The number of carbonyl (C=O) groups is 1. The Hall–Kier alpha value is -0.570. The van der Waals surface area contributed by atoms with Crippen LogP contribution in [0.2, 0.25) is 0 Å². The largest absolute Gasteiger partial charge is 0.465 e. The third-order valence-electron chi connectivity index (χ3n) is 1.83. The number of nitrogens with one attached hydrogen (secondary N) is 1. The molecule has 0 fully saturated rings. The molecule has 1 N–H and O–H groups in total. The van der Waals surface area contributed by atoms with Crippen molar-refractivity contribution in [3.05, 3.63) is 0 Å². The summed E-state index contributed by atoms with van der Waals surface area (Å²) >= 11 is 0. The van der Waals surface area contributed by atoms with E-state index < -0.39 is 0 Å². The zero-order chi connectivity index (χ0) is 10.8. The van der Waals surface area contributed by atoms with Gasteiger partial charge in [0.2, 0.25) is 0 Å². The van der Waals surface area contributed by atoms with Crippen LogP contribution in [0, 0.1) is 5.92 Å². The molecule has 0 aromatic heterocycles. The molecular weight excluding hydrogens is 178 g/mol. The second kappa shape index (κ2) is 9.00. The summed E-state index contributed by atoms with van der Waals surface area (Å²) in [7, 11) is 0. The molecule has 0 radical (unpaired) electrons. The van der Waals surface area contributed by atoms with Crippen LogP contribution in [0.15, 0.2) is 0 Å². The SMILES string of the molecule is CCCCCOC(=O)CNCC(C)C. The molecule has 0 aliphatic carbocycles. The molecule has 3 heteroatoms. The lowest BCUT2D eigenvalue weighted by molar-refractivity contribution is -0.142. The van der Waals surface area contributed by atoms with Gasteiger partial charge in [0.25, 0.3) is 0 Å². The average molecular weight is 201 g/mol. The molecular formula is C11H23NO2. The Bertz CT molecular complexity index is 146. The highest BCUT2D eigenvalue weighted by atomic mass is 16.5. The molecule has 14 heavy (non-hydrogen) atoms. The second-order valence-corrected chi connectivity index (χ2v) is 3.95. The minimum Gasteiger partial charge on any atom is -0.465 e. The Balaban J connectivity index is 3.20. The van der Waals surface area contributed by atoms with Gasteiger partial charge in [0.05, 0.1) is 13.2 Å². The van der Waals surface area contributed by atoms with Crippen molar-refractivity contribution in [3.63, 3.8) is 0 Å². The molecule has 0 amide bonds. The van der Waals surface area contributed by atoms with Gasteiger partial charge in [0.15, 0.2) is 0 Å². The van der Waals surface area contributed by atoms with Gasteiger partial charge in [-0.15, -0.1) is 0 Å². The summed E-state index contributed by atoms with van der Waals surface area (Å²) in [6, 6.07) is 0. The summed E-state index contributed by atoms with van der Waals surface area (Å²) in [6.45, 7) is 8.12. The highest BCUT2D eigenvalue weighted by Gasteiger charge is 2.01. The molecule has 0 rings (SSSR count). The van der Waals surface area contributed by atoms with E-state index in [-0.39, 0.29) is 5.97 Å². The summed E-state index contributed by atoms with van der Waals surface area (Å²) in [5.74, 6) is 0.435. The monoisotopic (exact) mass is 201 g/mol. The Kier molecular flexibility index (Phi) is 8.64. The summed E-state index contributed by atoms with van der Waals surface area (Å²) < 4.78 is 5.02. The number of esters is 1. The highest BCUT2D eigenvalue weighted by Crippen LogP contribution is 1.94. The molecule has 3 nitrogen and oxygen atoms in total. The van der Waals surface area contributed by atoms with Gasteiger partial charge in [-0.25, -0.2) is 0 Å². The van der Waals surface area contributed by atoms with Crippen molar-refractivity contribution in [2.75, 3.05) is 19.7 Å². The van der Waals surface area contributed by atoms with E-state index in [0.717, 1.165) is 25.8 Å². The molecule has 0 unspecified atom stereocenters. The van der Waals surface area contributed by atoms with E-state index in [2.05, 4.69) is 26.1 Å². The lowest BCUT2D eigenvalue weighted by atomic mass is 10.2. The number of carbonyl (C=O) groups excluding carboxylic acids is 1. The van der Waals surface area contributed by atoms with Crippen LogP contribution >= 0.6 is 0 Å². The van der Waals surface area contributed by atoms with Crippen LogP contribution in [-0.2, 0) is 9.53 Å². The standard InChI is InChI=1S/C11H23NO2/c1-4-5-6-7-14-11(13)9-12-8-10(2)3/h10,12H,4-9H2,1-3H3. The van der Waals surface area contributed by atoms with E-state index in [1.54, 1.807) is 0 Å². The van der Waals surface area contributed by atoms with Crippen molar-refractivity contribution >= 4 is 5.97 Å². The average Bonchev–Trinajstić information content (AvgIpc) is 2.12. The van der Waals surface area contributed by atoms with Crippen LogP contribution in [0.25, 0.3) is 0 Å². The smallest absolute Gasteiger partial charge is 0.319 e. The fraction of sp³-hybridized carbons (Fsp3) is 0.909. The van der Waals surface area contributed by atoms with Gasteiger partial charge in [0, 0.05) is 0 Å². The molecule has 0 saturated heterocycles. The number of hydrogen-bond donors (Lipinski definition) is 1. The predicted molar refractivity (Wildman–Crippen MR) is 58.2 cm³/mol. The molecule has 84 valence electrons. The number of ether oxygens (including phenoxy) is 1. The van der Waals surface area contributed by atoms with E-state index >= 15 is 0 Å². The summed E-state index contributed by atoms with van der Waals surface area (Å²) in [4.78, 5) is 11.1. The van der Waals surface area contributed by atoms with Gasteiger partial charge in [-0.2, -0.15) is 0 Å². The van der Waals surface area contributed by atoms with Crippen molar-refractivity contribution in [2.45, 2.75) is 40.0 Å². The minimum atomic E-state index is -0.137. The maximum absolute atomic E-state index is 11.1. The van der Waals surface area contributed by atoms with Gasteiger partial charge >= 0.3 is 5.97 Å². The molecule has 0 aromatic rings. The maximum Gasteiger partial charge on any atom is 0.319 e. The van der Waals surface area contributed by atoms with Crippen molar-refractivity contribution in [1.82, 2.24) is 5.32 Å². The van der Waals surface area contributed by atoms with Crippen LogP contribution in [0.4, 0.5) is 0 Å². The number of hydrogen-bond acceptors (Lipinski definition) is 3. The normalized spacial score (nSPS) is 10.6. The number of rotatable bonds is 8. The van der Waals surface area contributed by atoms with E-state index in [1.165, 1.54) is 0 Å². The van der Waals surface area contributed by atoms with E-state index in [1.807, 2.05) is 0 Å². The topological polar surface area (TPSA) is 38.3 Å². The quantitative estimate of drug-likeness (QED) is 0.482. The maximum atomic E-state index is 11.1. The first kappa shape index (κ1) is 13.4. The first-order chi connectivity index (χ1) is 6.66. The van der Waals surface area contributed by atoms with Crippen molar-refractivity contribution in [1.29, 1.82) is 0 Å². The van der Waals surface area contributed by atoms with Crippen molar-refractivity contribution in [2.24, 2.45) is 5.92 Å². The number of unbranched alkanes of at least 4 members (excludes halogenated alkanes) is 2. The van der Waals surface area contributed by atoms with Gasteiger partial charge in [0.1, 0.15) is 0 Å². The fourth-order valence-electron chi connectivity index (χ4n) is 1.05. The van der Waals surface area contributed by atoms with E-state index in [4.69, 9.17) is 4.74 Å². The molecule has 0 aliphatic heterocycles. The summed E-state index contributed by atoms with van der Waals surface area (Å²) in [6.07, 6.45) is 3.27. The van der Waals surface area contributed by atoms with Crippen LogP contribution in [0.3, 0.4) is 0 Å². The fourth-order valence-corrected chi connectivity index (χ4v) is 1.05. The third kappa shape index (κ3) is 9.52. The zero-order valence-corrected chi connectivity index (χ0v) is 9.64. The minimum absolute atomic E-state index is 0.137. The van der Waals surface area contributed by atoms with Crippen molar-refractivity contribution in [3.8, 4) is 0 Å². The molecule has 0 spiro atoms. The van der Waals surface area contributed by atoms with E-state index in [0.29, 0.717) is 19.1 Å². The summed E-state index contributed by atoms with van der Waals surface area (Å²) in [5.41, 5.74) is 0. The van der Waals surface area contributed by atoms with Crippen molar-refractivity contribution < 1.29 is 9.53 Å². The van der Waals surface area contributed by atoms with E-state index in [9.17, 15) is 4.79 Å². The first-order valence-corrected chi connectivity index (χ1v) is 5.53. The predicted octanol–water partition coefficient (Wildman–Crippen LogP) is 1.97. The second-order valence-electron chi connectivity index (χ2n) is 3.95. The molecule has 0 atom stereocenters. The Morgan fingerprint density at radius 3 is 2.64 bits per heavy atom. The lowest BCUT2D eigenvalue weighted by Crippen LogP contribution is -2.28. The zero-order valence-electron chi connectivity index (χ0n) is 9.64. The summed E-state index contributed by atoms with van der Waals surface area (Å²) in [5, 5.41) is 3.05. The highest BCUT2D eigenvalue weighted by molar-refractivity contribution is 5.71. The molecule has 0 saturated carbocycles.